The highest BCUT2D eigenvalue weighted by atomic mass is 19.1. The molecular weight excluding hydrogens is 275 g/mol. The van der Waals surface area contributed by atoms with E-state index in [1.165, 1.54) is 18.2 Å². The lowest BCUT2D eigenvalue weighted by molar-refractivity contribution is 0.0635. The van der Waals surface area contributed by atoms with Gasteiger partial charge in [0, 0.05) is 11.1 Å². The van der Waals surface area contributed by atoms with Crippen LogP contribution in [0, 0.1) is 5.82 Å². The third kappa shape index (κ3) is 5.32. The van der Waals surface area contributed by atoms with Crippen molar-refractivity contribution in [2.75, 3.05) is 11.9 Å². The second-order valence-corrected chi connectivity index (χ2v) is 6.51. The van der Waals surface area contributed by atoms with Gasteiger partial charge in [-0.1, -0.05) is 13.8 Å². The summed E-state index contributed by atoms with van der Waals surface area (Å²) in [7, 11) is 0. The molecule has 1 rings (SSSR count). The third-order valence-corrected chi connectivity index (χ3v) is 2.79. The van der Waals surface area contributed by atoms with Crippen LogP contribution in [0.3, 0.4) is 0 Å². The van der Waals surface area contributed by atoms with Crippen molar-refractivity contribution < 1.29 is 18.8 Å². The number of hydrogen-bond acceptors (Lipinski definition) is 4. The number of benzene rings is 1. The summed E-state index contributed by atoms with van der Waals surface area (Å²) in [5.74, 6) is 4.72. The number of hydrogen-bond donors (Lipinski definition) is 2. The summed E-state index contributed by atoms with van der Waals surface area (Å²) in [6.07, 6.45) is -0.597. The van der Waals surface area contributed by atoms with Crippen molar-refractivity contribution in [2.24, 2.45) is 5.90 Å². The highest BCUT2D eigenvalue weighted by Gasteiger charge is 2.26. The fraction of sp³-hybridized carbons (Fsp3) is 0.533. The van der Waals surface area contributed by atoms with Crippen LogP contribution < -0.4 is 11.2 Å². The number of carbonyl (C=O) groups excluding carboxylic acids is 1. The lowest BCUT2D eigenvalue weighted by Crippen LogP contribution is -2.30. The molecule has 0 bridgehead atoms. The molecule has 0 aliphatic rings. The van der Waals surface area contributed by atoms with Crippen LogP contribution in [0.4, 0.5) is 14.9 Å². The largest absolute Gasteiger partial charge is 0.444 e. The highest BCUT2D eigenvalue weighted by molar-refractivity contribution is 5.86. The van der Waals surface area contributed by atoms with Crippen LogP contribution in [0.1, 0.15) is 40.2 Å². The number of nitrogens with two attached hydrogens (primary N) is 1. The van der Waals surface area contributed by atoms with Crippen LogP contribution >= 0.6 is 0 Å². The molecule has 0 radical (unpaired) electrons. The number of carbonyl (C=O) groups is 1. The molecule has 0 aliphatic heterocycles. The molecule has 0 spiro atoms. The molecule has 0 fully saturated rings. The van der Waals surface area contributed by atoms with Crippen molar-refractivity contribution in [1.82, 2.24) is 0 Å². The SMILES string of the molecule is CC(C)(C)OC(=O)Nc1ccc(F)cc1C(C)(C)CON. The van der Waals surface area contributed by atoms with E-state index in [0.29, 0.717) is 11.3 Å². The maximum Gasteiger partial charge on any atom is 0.412 e. The Hall–Kier alpha value is -1.66. The molecule has 5 nitrogen and oxygen atoms in total. The zero-order valence-corrected chi connectivity index (χ0v) is 13.1. The summed E-state index contributed by atoms with van der Waals surface area (Å²) in [6, 6.07) is 4.12. The Morgan fingerprint density at radius 1 is 1.29 bits per heavy atom. The van der Waals surface area contributed by atoms with E-state index in [-0.39, 0.29) is 6.61 Å². The molecule has 0 aliphatic carbocycles. The van der Waals surface area contributed by atoms with Gasteiger partial charge in [0.1, 0.15) is 11.4 Å². The van der Waals surface area contributed by atoms with E-state index in [4.69, 9.17) is 10.6 Å². The Bertz CT molecular complexity index is 510. The van der Waals surface area contributed by atoms with Gasteiger partial charge >= 0.3 is 6.09 Å². The van der Waals surface area contributed by atoms with E-state index in [1.54, 1.807) is 20.8 Å². The molecule has 21 heavy (non-hydrogen) atoms. The molecule has 0 atom stereocenters. The van der Waals surface area contributed by atoms with Crippen LogP contribution in [-0.4, -0.2) is 18.3 Å². The van der Waals surface area contributed by atoms with Crippen LogP contribution in [-0.2, 0) is 15.0 Å². The zero-order chi connectivity index (χ0) is 16.3. The van der Waals surface area contributed by atoms with E-state index in [2.05, 4.69) is 10.2 Å². The van der Waals surface area contributed by atoms with Crippen LogP contribution in [0.5, 0.6) is 0 Å². The summed E-state index contributed by atoms with van der Waals surface area (Å²) in [5, 5.41) is 2.63. The number of rotatable bonds is 4. The number of ether oxygens (including phenoxy) is 1. The smallest absolute Gasteiger partial charge is 0.412 e. The summed E-state index contributed by atoms with van der Waals surface area (Å²) < 4.78 is 18.7. The van der Waals surface area contributed by atoms with Gasteiger partial charge in [0.25, 0.3) is 0 Å². The predicted octanol–water partition coefficient (Wildman–Crippen LogP) is 3.34. The molecule has 0 unspecified atom stereocenters. The van der Waals surface area contributed by atoms with Crippen molar-refractivity contribution in [2.45, 2.75) is 45.6 Å². The Balaban J connectivity index is 3.05. The summed E-state index contributed by atoms with van der Waals surface area (Å²) in [5.41, 5.74) is -0.132. The normalized spacial score (nSPS) is 12.1. The van der Waals surface area contributed by atoms with Gasteiger partial charge in [-0.15, -0.1) is 0 Å². The fourth-order valence-electron chi connectivity index (χ4n) is 1.89. The quantitative estimate of drug-likeness (QED) is 0.836. The van der Waals surface area contributed by atoms with Gasteiger partial charge in [-0.05, 0) is 44.5 Å². The minimum atomic E-state index is -0.611. The molecule has 1 aromatic carbocycles. The molecule has 3 N–H and O–H groups in total. The predicted molar refractivity (Wildman–Crippen MR) is 79.4 cm³/mol. The molecule has 0 saturated heterocycles. The van der Waals surface area contributed by atoms with Gasteiger partial charge in [0.15, 0.2) is 0 Å². The summed E-state index contributed by atoms with van der Waals surface area (Å²) in [6.45, 7) is 9.17. The minimum absolute atomic E-state index is 0.180. The second-order valence-electron chi connectivity index (χ2n) is 6.51. The number of amides is 1. The van der Waals surface area contributed by atoms with E-state index < -0.39 is 22.9 Å². The van der Waals surface area contributed by atoms with E-state index >= 15 is 0 Å². The molecule has 0 heterocycles. The van der Waals surface area contributed by atoms with Gasteiger partial charge in [-0.25, -0.2) is 15.1 Å². The zero-order valence-electron chi connectivity index (χ0n) is 13.1. The van der Waals surface area contributed by atoms with Crippen molar-refractivity contribution in [3.05, 3.63) is 29.6 Å². The van der Waals surface area contributed by atoms with E-state index in [0.717, 1.165) is 0 Å². The van der Waals surface area contributed by atoms with E-state index in [9.17, 15) is 9.18 Å². The monoisotopic (exact) mass is 298 g/mol. The van der Waals surface area contributed by atoms with Gasteiger partial charge < -0.3 is 9.57 Å². The van der Waals surface area contributed by atoms with Crippen LogP contribution in [0.25, 0.3) is 0 Å². The Morgan fingerprint density at radius 2 is 1.90 bits per heavy atom. The van der Waals surface area contributed by atoms with Gasteiger partial charge in [0.2, 0.25) is 0 Å². The van der Waals surface area contributed by atoms with Crippen molar-refractivity contribution >= 4 is 11.8 Å². The van der Waals surface area contributed by atoms with Crippen molar-refractivity contribution in [3.8, 4) is 0 Å². The molecule has 1 aromatic rings. The first kappa shape index (κ1) is 17.4. The lowest BCUT2D eigenvalue weighted by Gasteiger charge is -2.27. The highest BCUT2D eigenvalue weighted by Crippen LogP contribution is 2.31. The second kappa shape index (κ2) is 6.41. The molecule has 118 valence electrons. The maximum absolute atomic E-state index is 13.5. The maximum atomic E-state index is 13.5. The standard InChI is InChI=1S/C15H23FN2O3/c1-14(2,3)21-13(19)18-12-7-6-10(16)8-11(12)15(4,5)9-20-17/h6-8H,9,17H2,1-5H3,(H,18,19). The topological polar surface area (TPSA) is 73.6 Å². The summed E-state index contributed by atoms with van der Waals surface area (Å²) >= 11 is 0. The average molecular weight is 298 g/mol. The van der Waals surface area contributed by atoms with Crippen LogP contribution in [0.15, 0.2) is 18.2 Å². The van der Waals surface area contributed by atoms with Crippen molar-refractivity contribution in [3.63, 3.8) is 0 Å². The lowest BCUT2D eigenvalue weighted by atomic mass is 9.84. The number of halogens is 1. The Morgan fingerprint density at radius 3 is 2.43 bits per heavy atom. The summed E-state index contributed by atoms with van der Waals surface area (Å²) in [4.78, 5) is 16.5. The van der Waals surface area contributed by atoms with Crippen LogP contribution in [0.2, 0.25) is 0 Å². The number of nitrogens with one attached hydrogen (secondary N) is 1. The van der Waals surface area contributed by atoms with Gasteiger partial charge in [-0.2, -0.15) is 0 Å². The first-order valence-corrected chi connectivity index (χ1v) is 6.67. The first-order chi connectivity index (χ1) is 9.55. The Labute approximate surface area is 124 Å². The third-order valence-electron chi connectivity index (χ3n) is 2.79. The molecule has 0 saturated carbocycles. The molecule has 0 aromatic heterocycles. The molecule has 6 heteroatoms. The first-order valence-electron chi connectivity index (χ1n) is 6.67. The number of anilines is 1. The molecule has 1 amide bonds. The Kier molecular flexibility index (Phi) is 5.31. The fourth-order valence-corrected chi connectivity index (χ4v) is 1.89. The minimum Gasteiger partial charge on any atom is -0.444 e. The van der Waals surface area contributed by atoms with Crippen molar-refractivity contribution in [1.29, 1.82) is 0 Å². The van der Waals surface area contributed by atoms with Gasteiger partial charge in [-0.3, -0.25) is 5.32 Å². The van der Waals surface area contributed by atoms with Gasteiger partial charge in [0.05, 0.1) is 6.61 Å². The van der Waals surface area contributed by atoms with E-state index in [1.807, 2.05) is 13.8 Å². The molecular formula is C15H23FN2O3. The average Bonchev–Trinajstić information content (AvgIpc) is 2.28.